The number of carbonyl (C=O) groups excluding carboxylic acids is 3. The molecule has 2 aromatic heterocycles. The van der Waals surface area contributed by atoms with Crippen LogP contribution in [0, 0.1) is 0 Å². The van der Waals surface area contributed by atoms with Gasteiger partial charge in [0.25, 0.3) is 5.91 Å². The van der Waals surface area contributed by atoms with Crippen molar-refractivity contribution in [2.45, 2.75) is 25.2 Å². The summed E-state index contributed by atoms with van der Waals surface area (Å²) in [6.45, 7) is 2.69. The quantitative estimate of drug-likeness (QED) is 0.381. The van der Waals surface area contributed by atoms with Gasteiger partial charge in [0, 0.05) is 12.2 Å². The first-order chi connectivity index (χ1) is 15.0. The van der Waals surface area contributed by atoms with Crippen molar-refractivity contribution in [2.24, 2.45) is 0 Å². The Morgan fingerprint density at radius 3 is 2.58 bits per heavy atom. The summed E-state index contributed by atoms with van der Waals surface area (Å²) in [7, 11) is 1.31. The number of nitrogens with one attached hydrogen (secondary N) is 2. The average Bonchev–Trinajstić information content (AvgIpc) is 3.46. The highest BCUT2D eigenvalue weighted by molar-refractivity contribution is 7.99. The summed E-state index contributed by atoms with van der Waals surface area (Å²) in [6.07, 6.45) is 1.43. The van der Waals surface area contributed by atoms with Crippen molar-refractivity contribution >= 4 is 35.2 Å². The van der Waals surface area contributed by atoms with E-state index in [9.17, 15) is 14.4 Å². The second-order valence-corrected chi connectivity index (χ2v) is 7.15. The number of furan rings is 1. The van der Waals surface area contributed by atoms with E-state index in [0.29, 0.717) is 28.8 Å². The first kappa shape index (κ1) is 22.1. The lowest BCUT2D eigenvalue weighted by Gasteiger charge is -2.08. The van der Waals surface area contributed by atoms with Crippen molar-refractivity contribution in [3.63, 3.8) is 0 Å². The molecule has 0 aliphatic rings. The first-order valence-corrected chi connectivity index (χ1v) is 10.3. The summed E-state index contributed by atoms with van der Waals surface area (Å²) in [5.74, 6) is -0.104. The minimum absolute atomic E-state index is 0.121. The maximum Gasteiger partial charge on any atom is 0.337 e. The summed E-state index contributed by atoms with van der Waals surface area (Å²) in [5, 5.41) is 14.3. The number of hydrogen-bond donors (Lipinski definition) is 2. The fourth-order valence-electron chi connectivity index (χ4n) is 2.66. The summed E-state index contributed by atoms with van der Waals surface area (Å²) < 4.78 is 11.5. The van der Waals surface area contributed by atoms with E-state index < -0.39 is 5.97 Å². The second-order valence-electron chi connectivity index (χ2n) is 6.21. The van der Waals surface area contributed by atoms with Gasteiger partial charge in [-0.2, -0.15) is 0 Å². The Hall–Kier alpha value is -3.60. The van der Waals surface area contributed by atoms with E-state index in [4.69, 9.17) is 4.42 Å². The average molecular weight is 443 g/mol. The van der Waals surface area contributed by atoms with Crippen molar-refractivity contribution < 1.29 is 23.5 Å². The van der Waals surface area contributed by atoms with Crippen LogP contribution in [0.1, 0.15) is 33.7 Å². The highest BCUT2D eigenvalue weighted by atomic mass is 32.2. The Labute approximate surface area is 182 Å². The third-order valence-electron chi connectivity index (χ3n) is 4.18. The number of ether oxygens (including phenoxy) is 1. The van der Waals surface area contributed by atoms with Gasteiger partial charge in [-0.15, -0.1) is 10.2 Å². The van der Waals surface area contributed by atoms with Gasteiger partial charge in [0.15, 0.2) is 16.7 Å². The van der Waals surface area contributed by atoms with Crippen LogP contribution < -0.4 is 10.6 Å². The monoisotopic (exact) mass is 443 g/mol. The van der Waals surface area contributed by atoms with Gasteiger partial charge in [0.05, 0.1) is 31.2 Å². The molecule has 0 aliphatic heterocycles. The molecule has 1 aromatic carbocycles. The molecule has 0 saturated heterocycles. The lowest BCUT2D eigenvalue weighted by molar-refractivity contribution is -0.113. The number of carbonyl (C=O) groups is 3. The molecule has 0 atom stereocenters. The molecule has 2 N–H and O–H groups in total. The second kappa shape index (κ2) is 10.4. The number of benzene rings is 1. The van der Waals surface area contributed by atoms with Crippen LogP contribution in [0.3, 0.4) is 0 Å². The summed E-state index contributed by atoms with van der Waals surface area (Å²) in [4.78, 5) is 35.7. The summed E-state index contributed by atoms with van der Waals surface area (Å²) >= 11 is 1.24. The van der Waals surface area contributed by atoms with Gasteiger partial charge in [0.2, 0.25) is 5.91 Å². The molecule has 2 amide bonds. The van der Waals surface area contributed by atoms with E-state index in [-0.39, 0.29) is 29.9 Å². The van der Waals surface area contributed by atoms with Crippen molar-refractivity contribution in [1.29, 1.82) is 0 Å². The molecule has 162 valence electrons. The minimum atomic E-state index is -0.441. The van der Waals surface area contributed by atoms with Gasteiger partial charge in [0.1, 0.15) is 0 Å². The van der Waals surface area contributed by atoms with E-state index in [2.05, 4.69) is 25.6 Å². The van der Waals surface area contributed by atoms with Crippen LogP contribution in [0.15, 0.2) is 52.2 Å². The SMILES string of the molecule is CCn1c(CNC(=O)c2ccco2)nnc1SCC(=O)Nc1ccc(C(=O)OC)cc1. The Balaban J connectivity index is 1.53. The van der Waals surface area contributed by atoms with Gasteiger partial charge >= 0.3 is 5.97 Å². The zero-order chi connectivity index (χ0) is 22.2. The normalized spacial score (nSPS) is 10.5. The summed E-state index contributed by atoms with van der Waals surface area (Å²) in [6, 6.07) is 9.61. The lowest BCUT2D eigenvalue weighted by Crippen LogP contribution is -2.24. The largest absolute Gasteiger partial charge is 0.465 e. The van der Waals surface area contributed by atoms with Crippen LogP contribution in [0.2, 0.25) is 0 Å². The zero-order valence-corrected chi connectivity index (χ0v) is 17.8. The smallest absolute Gasteiger partial charge is 0.337 e. The van der Waals surface area contributed by atoms with E-state index in [1.165, 1.54) is 25.1 Å². The number of thioether (sulfide) groups is 1. The zero-order valence-electron chi connectivity index (χ0n) is 17.0. The summed E-state index contributed by atoms with van der Waals surface area (Å²) in [5.41, 5.74) is 0.967. The Morgan fingerprint density at radius 1 is 1.16 bits per heavy atom. The van der Waals surface area contributed by atoms with Crippen molar-refractivity contribution in [3.05, 3.63) is 59.8 Å². The molecule has 2 heterocycles. The Bertz CT molecular complexity index is 1050. The number of anilines is 1. The topological polar surface area (TPSA) is 128 Å². The number of methoxy groups -OCH3 is 1. The Morgan fingerprint density at radius 2 is 1.94 bits per heavy atom. The predicted molar refractivity (Wildman–Crippen MR) is 113 cm³/mol. The molecule has 10 nitrogen and oxygen atoms in total. The van der Waals surface area contributed by atoms with E-state index in [1.54, 1.807) is 36.4 Å². The molecule has 0 unspecified atom stereocenters. The fourth-order valence-corrected chi connectivity index (χ4v) is 3.48. The van der Waals surface area contributed by atoms with Crippen LogP contribution in [0.5, 0.6) is 0 Å². The van der Waals surface area contributed by atoms with Gasteiger partial charge in [-0.25, -0.2) is 4.79 Å². The van der Waals surface area contributed by atoms with Crippen molar-refractivity contribution in [2.75, 3.05) is 18.2 Å². The van der Waals surface area contributed by atoms with Crippen LogP contribution in [-0.2, 0) is 22.6 Å². The molecule has 11 heteroatoms. The number of rotatable bonds is 9. The number of aromatic nitrogens is 3. The lowest BCUT2D eigenvalue weighted by atomic mass is 10.2. The van der Waals surface area contributed by atoms with Gasteiger partial charge in [-0.3, -0.25) is 9.59 Å². The number of amides is 2. The first-order valence-electron chi connectivity index (χ1n) is 9.36. The molecule has 0 radical (unpaired) electrons. The molecule has 31 heavy (non-hydrogen) atoms. The molecule has 3 rings (SSSR count). The number of esters is 1. The third-order valence-corrected chi connectivity index (χ3v) is 5.15. The highest BCUT2D eigenvalue weighted by Crippen LogP contribution is 2.18. The molecule has 0 fully saturated rings. The van der Waals surface area contributed by atoms with Gasteiger partial charge in [-0.1, -0.05) is 11.8 Å². The molecule has 0 aliphatic carbocycles. The van der Waals surface area contributed by atoms with E-state index in [0.717, 1.165) is 0 Å². The molecule has 0 spiro atoms. The maximum atomic E-state index is 12.3. The van der Waals surface area contributed by atoms with Crippen LogP contribution in [-0.4, -0.2) is 45.4 Å². The predicted octanol–water partition coefficient (Wildman–Crippen LogP) is 2.34. The maximum absolute atomic E-state index is 12.3. The van der Waals surface area contributed by atoms with Crippen molar-refractivity contribution in [3.8, 4) is 0 Å². The molecular formula is C20H21N5O5S. The van der Waals surface area contributed by atoms with E-state index in [1.807, 2.05) is 11.5 Å². The van der Waals surface area contributed by atoms with Crippen molar-refractivity contribution in [1.82, 2.24) is 20.1 Å². The molecular weight excluding hydrogens is 422 g/mol. The van der Waals surface area contributed by atoms with Gasteiger partial charge < -0.3 is 24.4 Å². The molecule has 0 saturated carbocycles. The fraction of sp³-hybridized carbons (Fsp3) is 0.250. The molecule has 0 bridgehead atoms. The standard InChI is InChI=1S/C20H21N5O5S/c1-3-25-16(11-21-18(27)15-5-4-10-30-15)23-24-20(25)31-12-17(26)22-14-8-6-13(7-9-14)19(28)29-2/h4-10H,3,11-12H2,1-2H3,(H,21,27)(H,22,26). The highest BCUT2D eigenvalue weighted by Gasteiger charge is 2.15. The molecule has 3 aromatic rings. The minimum Gasteiger partial charge on any atom is -0.465 e. The third kappa shape index (κ3) is 5.72. The van der Waals surface area contributed by atoms with E-state index >= 15 is 0 Å². The Kier molecular flexibility index (Phi) is 7.44. The van der Waals surface area contributed by atoms with Gasteiger partial charge in [-0.05, 0) is 43.3 Å². The van der Waals surface area contributed by atoms with Crippen LogP contribution in [0.25, 0.3) is 0 Å². The number of hydrogen-bond acceptors (Lipinski definition) is 8. The van der Waals surface area contributed by atoms with Crippen LogP contribution in [0.4, 0.5) is 5.69 Å². The van der Waals surface area contributed by atoms with Crippen LogP contribution >= 0.6 is 11.8 Å². The number of nitrogens with zero attached hydrogens (tertiary/aromatic N) is 3.